The first-order valence-electron chi connectivity index (χ1n) is 8.52. The standard InChI is InChI=1S/C17H20F3N5O2/c1-12-8-13(10-14(9-12)17(18,19)20)16-21-11-25(23-16)3-2-15(26)22-24-4-6-27-7-5-24/h8-11H,2-7H2,1H3,(H,22,26). The van der Waals surface area contributed by atoms with Crippen LogP contribution in [0.3, 0.4) is 0 Å². The number of ether oxygens (including phenoxy) is 1. The summed E-state index contributed by atoms with van der Waals surface area (Å²) in [6, 6.07) is 3.70. The lowest BCUT2D eigenvalue weighted by Gasteiger charge is -2.26. The van der Waals surface area contributed by atoms with E-state index >= 15 is 0 Å². The summed E-state index contributed by atoms with van der Waals surface area (Å²) in [5.74, 6) is 0.0293. The van der Waals surface area contributed by atoms with E-state index in [1.165, 1.54) is 11.0 Å². The van der Waals surface area contributed by atoms with Gasteiger partial charge in [0.25, 0.3) is 0 Å². The molecule has 1 saturated heterocycles. The second-order valence-corrected chi connectivity index (χ2v) is 6.30. The fourth-order valence-electron chi connectivity index (χ4n) is 2.73. The Labute approximate surface area is 154 Å². The molecular weight excluding hydrogens is 363 g/mol. The monoisotopic (exact) mass is 383 g/mol. The van der Waals surface area contributed by atoms with Crippen molar-refractivity contribution in [3.8, 4) is 11.4 Å². The molecule has 1 aliphatic rings. The average molecular weight is 383 g/mol. The zero-order chi connectivity index (χ0) is 19.4. The number of amides is 1. The number of halogens is 3. The van der Waals surface area contributed by atoms with Gasteiger partial charge in [-0.15, -0.1) is 0 Å². The van der Waals surface area contributed by atoms with Crippen molar-refractivity contribution in [1.29, 1.82) is 0 Å². The van der Waals surface area contributed by atoms with E-state index in [0.29, 0.717) is 37.4 Å². The molecule has 2 heterocycles. The van der Waals surface area contributed by atoms with E-state index in [1.807, 2.05) is 0 Å². The van der Waals surface area contributed by atoms with E-state index < -0.39 is 11.7 Å². The van der Waals surface area contributed by atoms with E-state index in [0.717, 1.165) is 12.1 Å². The smallest absolute Gasteiger partial charge is 0.379 e. The molecule has 27 heavy (non-hydrogen) atoms. The van der Waals surface area contributed by atoms with Crippen LogP contribution in [0.1, 0.15) is 17.5 Å². The molecule has 1 aromatic heterocycles. The number of nitrogens with zero attached hydrogens (tertiary/aromatic N) is 4. The third-order valence-corrected chi connectivity index (χ3v) is 4.06. The number of benzene rings is 1. The summed E-state index contributed by atoms with van der Waals surface area (Å²) in [6.45, 7) is 4.28. The lowest BCUT2D eigenvalue weighted by Crippen LogP contribution is -2.48. The molecule has 0 unspecified atom stereocenters. The van der Waals surface area contributed by atoms with Gasteiger partial charge in [-0.2, -0.15) is 18.3 Å². The maximum absolute atomic E-state index is 13.0. The molecule has 0 atom stereocenters. The minimum absolute atomic E-state index is 0.163. The molecule has 1 amide bonds. The molecule has 1 N–H and O–H groups in total. The molecule has 1 fully saturated rings. The van der Waals surface area contributed by atoms with Gasteiger partial charge in [-0.05, 0) is 30.7 Å². The van der Waals surface area contributed by atoms with Gasteiger partial charge in [0.05, 0.1) is 25.3 Å². The predicted octanol–water partition coefficient (Wildman–Crippen LogP) is 2.03. The quantitative estimate of drug-likeness (QED) is 0.855. The molecule has 1 aromatic carbocycles. The minimum Gasteiger partial charge on any atom is -0.379 e. The van der Waals surface area contributed by atoms with Gasteiger partial charge >= 0.3 is 6.18 Å². The molecule has 7 nitrogen and oxygen atoms in total. The third-order valence-electron chi connectivity index (χ3n) is 4.06. The van der Waals surface area contributed by atoms with Gasteiger partial charge < -0.3 is 4.74 Å². The number of carbonyl (C=O) groups is 1. The number of hydrazine groups is 1. The van der Waals surface area contributed by atoms with Crippen LogP contribution >= 0.6 is 0 Å². The number of rotatable bonds is 5. The Balaban J connectivity index is 1.61. The van der Waals surface area contributed by atoms with Crippen LogP contribution in [0.15, 0.2) is 24.5 Å². The molecule has 3 rings (SSSR count). The van der Waals surface area contributed by atoms with Crippen LogP contribution in [-0.2, 0) is 22.3 Å². The van der Waals surface area contributed by atoms with Crippen LogP contribution in [-0.4, -0.2) is 52.0 Å². The molecule has 0 radical (unpaired) electrons. The lowest BCUT2D eigenvalue weighted by molar-refractivity contribution is -0.137. The number of morpholine rings is 1. The van der Waals surface area contributed by atoms with Crippen molar-refractivity contribution in [2.24, 2.45) is 0 Å². The van der Waals surface area contributed by atoms with Gasteiger partial charge in [-0.25, -0.2) is 9.99 Å². The Morgan fingerprint density at radius 1 is 1.26 bits per heavy atom. The number of hydrogen-bond donors (Lipinski definition) is 1. The van der Waals surface area contributed by atoms with Crippen LogP contribution in [0.2, 0.25) is 0 Å². The van der Waals surface area contributed by atoms with Crippen molar-refractivity contribution in [3.63, 3.8) is 0 Å². The first-order chi connectivity index (χ1) is 12.8. The Morgan fingerprint density at radius 3 is 2.70 bits per heavy atom. The molecule has 1 aliphatic heterocycles. The van der Waals surface area contributed by atoms with Gasteiger partial charge in [0.2, 0.25) is 5.91 Å². The second-order valence-electron chi connectivity index (χ2n) is 6.30. The molecule has 0 saturated carbocycles. The van der Waals surface area contributed by atoms with Crippen molar-refractivity contribution >= 4 is 5.91 Å². The van der Waals surface area contributed by atoms with E-state index in [2.05, 4.69) is 15.5 Å². The predicted molar refractivity (Wildman–Crippen MR) is 90.3 cm³/mol. The van der Waals surface area contributed by atoms with Crippen molar-refractivity contribution < 1.29 is 22.7 Å². The summed E-state index contributed by atoms with van der Waals surface area (Å²) >= 11 is 0. The van der Waals surface area contributed by atoms with Gasteiger partial charge in [-0.3, -0.25) is 14.9 Å². The molecule has 0 spiro atoms. The average Bonchev–Trinajstić information content (AvgIpc) is 3.09. The van der Waals surface area contributed by atoms with Gasteiger partial charge in [0.1, 0.15) is 6.33 Å². The van der Waals surface area contributed by atoms with Gasteiger partial charge in [-0.1, -0.05) is 0 Å². The number of aryl methyl sites for hydroxylation is 2. The Morgan fingerprint density at radius 2 is 2.00 bits per heavy atom. The summed E-state index contributed by atoms with van der Waals surface area (Å²) in [5, 5.41) is 5.98. The zero-order valence-electron chi connectivity index (χ0n) is 14.8. The van der Waals surface area contributed by atoms with E-state index in [9.17, 15) is 18.0 Å². The summed E-state index contributed by atoms with van der Waals surface area (Å²) in [7, 11) is 0. The summed E-state index contributed by atoms with van der Waals surface area (Å²) < 4.78 is 45.6. The number of alkyl halides is 3. The Kier molecular flexibility index (Phi) is 5.76. The van der Waals surface area contributed by atoms with Crippen LogP contribution < -0.4 is 5.43 Å². The second kappa shape index (κ2) is 8.05. The number of nitrogens with one attached hydrogen (secondary N) is 1. The molecule has 146 valence electrons. The molecule has 0 aliphatic carbocycles. The highest BCUT2D eigenvalue weighted by molar-refractivity contribution is 5.75. The number of aromatic nitrogens is 3. The topological polar surface area (TPSA) is 72.3 Å². The highest BCUT2D eigenvalue weighted by Gasteiger charge is 2.31. The number of carbonyl (C=O) groups excluding carboxylic acids is 1. The summed E-state index contributed by atoms with van der Waals surface area (Å²) in [6.07, 6.45) is -2.84. The van der Waals surface area contributed by atoms with Crippen LogP contribution in [0.5, 0.6) is 0 Å². The third kappa shape index (κ3) is 5.27. The first kappa shape index (κ1) is 19.3. The van der Waals surface area contributed by atoms with E-state index in [4.69, 9.17) is 4.74 Å². The molecule has 0 bridgehead atoms. The summed E-state index contributed by atoms with van der Waals surface area (Å²) in [5.41, 5.74) is 2.81. The molecule has 2 aromatic rings. The molecule has 10 heteroatoms. The van der Waals surface area contributed by atoms with Crippen molar-refractivity contribution in [3.05, 3.63) is 35.7 Å². The van der Waals surface area contributed by atoms with Crippen molar-refractivity contribution in [1.82, 2.24) is 25.2 Å². The summed E-state index contributed by atoms with van der Waals surface area (Å²) in [4.78, 5) is 16.1. The lowest BCUT2D eigenvalue weighted by atomic mass is 10.1. The van der Waals surface area contributed by atoms with E-state index in [1.54, 1.807) is 18.0 Å². The van der Waals surface area contributed by atoms with Gasteiger partial charge in [0.15, 0.2) is 5.82 Å². The highest BCUT2D eigenvalue weighted by Crippen LogP contribution is 2.32. The zero-order valence-corrected chi connectivity index (χ0v) is 14.8. The van der Waals surface area contributed by atoms with Crippen LogP contribution in [0.4, 0.5) is 13.2 Å². The van der Waals surface area contributed by atoms with Gasteiger partial charge in [0, 0.05) is 25.1 Å². The van der Waals surface area contributed by atoms with Crippen LogP contribution in [0, 0.1) is 6.92 Å². The minimum atomic E-state index is -4.43. The number of hydrogen-bond acceptors (Lipinski definition) is 5. The maximum atomic E-state index is 13.0. The first-order valence-corrected chi connectivity index (χ1v) is 8.52. The SMILES string of the molecule is Cc1cc(-c2ncn(CCC(=O)NN3CCOCC3)n2)cc(C(F)(F)F)c1. The van der Waals surface area contributed by atoms with E-state index in [-0.39, 0.29) is 24.7 Å². The Bertz CT molecular complexity index is 800. The molecular formula is C17H20F3N5O2. The van der Waals surface area contributed by atoms with Crippen LogP contribution in [0.25, 0.3) is 11.4 Å². The largest absolute Gasteiger partial charge is 0.416 e. The van der Waals surface area contributed by atoms with Crippen molar-refractivity contribution in [2.75, 3.05) is 26.3 Å². The Hall–Kier alpha value is -2.46. The fraction of sp³-hybridized carbons (Fsp3) is 0.471. The maximum Gasteiger partial charge on any atom is 0.416 e. The highest BCUT2D eigenvalue weighted by atomic mass is 19.4. The van der Waals surface area contributed by atoms with Crippen molar-refractivity contribution in [2.45, 2.75) is 26.1 Å². The normalized spacial score (nSPS) is 15.7. The fourth-order valence-corrected chi connectivity index (χ4v) is 2.73.